The van der Waals surface area contributed by atoms with Gasteiger partial charge in [-0.1, -0.05) is 13.8 Å². The highest BCUT2D eigenvalue weighted by atomic mass is 16.5. The van der Waals surface area contributed by atoms with Crippen molar-refractivity contribution in [1.29, 1.82) is 0 Å². The molecule has 0 aromatic heterocycles. The lowest BCUT2D eigenvalue weighted by Gasteiger charge is -2.33. The molecule has 1 saturated carbocycles. The van der Waals surface area contributed by atoms with Gasteiger partial charge in [-0.3, -0.25) is 0 Å². The molecule has 1 heterocycles. The lowest BCUT2D eigenvalue weighted by atomic mass is 10.0. The van der Waals surface area contributed by atoms with E-state index in [0.29, 0.717) is 18.2 Å². The Morgan fingerprint density at radius 1 is 1.08 bits per heavy atom. The Kier molecular flexibility index (Phi) is 6.19. The van der Waals surface area contributed by atoms with Crippen LogP contribution in [-0.4, -0.2) is 42.2 Å². The minimum absolute atomic E-state index is 0.00698. The first kappa shape index (κ1) is 18.1. The number of carbonyl (C=O) groups is 1. The standard InChI is InChI=1S/C20H31N3O2/c1-15(2)21-17-11-13-23(14-12-17)20(24)22-16-7-9-19(10-8-16)25-18-5-3-4-6-18/h7-10,15,17-18,21H,3-6,11-14H2,1-2H3,(H,22,24). The summed E-state index contributed by atoms with van der Waals surface area (Å²) >= 11 is 0. The molecule has 0 atom stereocenters. The number of amides is 2. The highest BCUT2D eigenvalue weighted by Gasteiger charge is 2.23. The van der Waals surface area contributed by atoms with Crippen LogP contribution >= 0.6 is 0 Å². The summed E-state index contributed by atoms with van der Waals surface area (Å²) in [5.41, 5.74) is 0.825. The molecule has 0 radical (unpaired) electrons. The zero-order valence-electron chi connectivity index (χ0n) is 15.5. The molecular weight excluding hydrogens is 314 g/mol. The van der Waals surface area contributed by atoms with E-state index in [1.54, 1.807) is 0 Å². The molecule has 1 aliphatic carbocycles. The summed E-state index contributed by atoms with van der Waals surface area (Å²) in [5.74, 6) is 0.894. The molecule has 3 rings (SSSR count). The molecule has 138 valence electrons. The molecule has 0 unspecified atom stereocenters. The van der Waals surface area contributed by atoms with E-state index in [9.17, 15) is 4.79 Å². The van der Waals surface area contributed by atoms with Crippen LogP contribution in [0.5, 0.6) is 5.75 Å². The van der Waals surface area contributed by atoms with Crippen LogP contribution in [0.25, 0.3) is 0 Å². The zero-order chi connectivity index (χ0) is 17.6. The largest absolute Gasteiger partial charge is 0.490 e. The Morgan fingerprint density at radius 2 is 1.72 bits per heavy atom. The van der Waals surface area contributed by atoms with Gasteiger partial charge in [-0.25, -0.2) is 4.79 Å². The molecule has 2 amide bonds. The highest BCUT2D eigenvalue weighted by molar-refractivity contribution is 5.89. The number of benzene rings is 1. The maximum Gasteiger partial charge on any atom is 0.321 e. The minimum atomic E-state index is -0.00698. The van der Waals surface area contributed by atoms with Crippen LogP contribution in [0.2, 0.25) is 0 Å². The number of anilines is 1. The summed E-state index contributed by atoms with van der Waals surface area (Å²) < 4.78 is 5.96. The van der Waals surface area contributed by atoms with Crippen molar-refractivity contribution in [2.45, 2.75) is 70.6 Å². The normalized spacial score (nSPS) is 19.4. The third-order valence-electron chi connectivity index (χ3n) is 5.06. The van der Waals surface area contributed by atoms with Crippen LogP contribution in [0.15, 0.2) is 24.3 Å². The van der Waals surface area contributed by atoms with Crippen molar-refractivity contribution in [3.8, 4) is 5.75 Å². The van der Waals surface area contributed by atoms with Crippen molar-refractivity contribution < 1.29 is 9.53 Å². The molecule has 1 saturated heterocycles. The monoisotopic (exact) mass is 345 g/mol. The van der Waals surface area contributed by atoms with E-state index in [-0.39, 0.29) is 6.03 Å². The van der Waals surface area contributed by atoms with Gasteiger partial charge in [0.15, 0.2) is 0 Å². The molecule has 0 spiro atoms. The van der Waals surface area contributed by atoms with Gasteiger partial charge in [0.05, 0.1) is 6.10 Å². The second-order valence-electron chi connectivity index (χ2n) is 7.56. The second-order valence-corrected chi connectivity index (χ2v) is 7.56. The smallest absolute Gasteiger partial charge is 0.321 e. The number of carbonyl (C=O) groups excluding carboxylic acids is 1. The van der Waals surface area contributed by atoms with Gasteiger partial charge >= 0.3 is 6.03 Å². The zero-order valence-corrected chi connectivity index (χ0v) is 15.5. The van der Waals surface area contributed by atoms with Gasteiger partial charge in [0, 0.05) is 30.9 Å². The highest BCUT2D eigenvalue weighted by Crippen LogP contribution is 2.25. The van der Waals surface area contributed by atoms with E-state index >= 15 is 0 Å². The molecular formula is C20H31N3O2. The van der Waals surface area contributed by atoms with E-state index in [1.807, 2.05) is 29.2 Å². The summed E-state index contributed by atoms with van der Waals surface area (Å²) in [4.78, 5) is 14.3. The number of ether oxygens (including phenoxy) is 1. The summed E-state index contributed by atoms with van der Waals surface area (Å²) in [5, 5.41) is 6.55. The maximum absolute atomic E-state index is 12.4. The molecule has 1 aliphatic heterocycles. The Morgan fingerprint density at radius 3 is 2.32 bits per heavy atom. The Hall–Kier alpha value is -1.75. The average Bonchev–Trinajstić information content (AvgIpc) is 3.10. The van der Waals surface area contributed by atoms with E-state index < -0.39 is 0 Å². The third kappa shape index (κ3) is 5.36. The van der Waals surface area contributed by atoms with Crippen LogP contribution in [0.1, 0.15) is 52.4 Å². The van der Waals surface area contributed by atoms with Crippen LogP contribution < -0.4 is 15.4 Å². The number of nitrogens with one attached hydrogen (secondary N) is 2. The number of likely N-dealkylation sites (tertiary alicyclic amines) is 1. The van der Waals surface area contributed by atoms with Gasteiger partial charge in [-0.05, 0) is 62.8 Å². The number of hydrogen-bond donors (Lipinski definition) is 2. The molecule has 25 heavy (non-hydrogen) atoms. The van der Waals surface area contributed by atoms with Crippen molar-refractivity contribution >= 4 is 11.7 Å². The number of rotatable bonds is 5. The van der Waals surface area contributed by atoms with Crippen LogP contribution in [0.3, 0.4) is 0 Å². The van der Waals surface area contributed by atoms with Gasteiger partial charge in [0.2, 0.25) is 0 Å². The molecule has 0 bridgehead atoms. The molecule has 5 heteroatoms. The number of urea groups is 1. The molecule has 2 aliphatic rings. The first-order valence-corrected chi connectivity index (χ1v) is 9.69. The lowest BCUT2D eigenvalue weighted by molar-refractivity contribution is 0.187. The van der Waals surface area contributed by atoms with Crippen LogP contribution in [-0.2, 0) is 0 Å². The fraction of sp³-hybridized carbons (Fsp3) is 0.650. The van der Waals surface area contributed by atoms with Crippen LogP contribution in [0, 0.1) is 0 Å². The van der Waals surface area contributed by atoms with Gasteiger partial charge in [-0.2, -0.15) is 0 Å². The van der Waals surface area contributed by atoms with Crippen molar-refractivity contribution in [1.82, 2.24) is 10.2 Å². The molecule has 1 aromatic rings. The average molecular weight is 345 g/mol. The van der Waals surface area contributed by atoms with Gasteiger partial charge in [0.1, 0.15) is 5.75 Å². The van der Waals surface area contributed by atoms with E-state index in [4.69, 9.17) is 4.74 Å². The minimum Gasteiger partial charge on any atom is -0.490 e. The van der Waals surface area contributed by atoms with Gasteiger partial charge in [-0.15, -0.1) is 0 Å². The summed E-state index contributed by atoms with van der Waals surface area (Å²) in [6.07, 6.45) is 7.23. The van der Waals surface area contributed by atoms with Crippen molar-refractivity contribution in [2.75, 3.05) is 18.4 Å². The molecule has 2 N–H and O–H groups in total. The van der Waals surface area contributed by atoms with E-state index in [1.165, 1.54) is 12.8 Å². The van der Waals surface area contributed by atoms with Crippen molar-refractivity contribution in [2.24, 2.45) is 0 Å². The Bertz CT molecular complexity index is 545. The van der Waals surface area contributed by atoms with E-state index in [2.05, 4.69) is 24.5 Å². The number of nitrogens with zero attached hydrogens (tertiary/aromatic N) is 1. The first-order valence-electron chi connectivity index (χ1n) is 9.69. The summed E-state index contributed by atoms with van der Waals surface area (Å²) in [6.45, 7) is 5.94. The predicted octanol–water partition coefficient (Wildman–Crippen LogP) is 4.00. The van der Waals surface area contributed by atoms with Crippen LogP contribution in [0.4, 0.5) is 10.5 Å². The maximum atomic E-state index is 12.4. The number of hydrogen-bond acceptors (Lipinski definition) is 3. The molecule has 2 fully saturated rings. The molecule has 1 aromatic carbocycles. The van der Waals surface area contributed by atoms with Gasteiger partial charge in [0.25, 0.3) is 0 Å². The Labute approximate surface area is 151 Å². The molecule has 5 nitrogen and oxygen atoms in total. The van der Waals surface area contributed by atoms with E-state index in [0.717, 1.165) is 50.2 Å². The topological polar surface area (TPSA) is 53.6 Å². The fourth-order valence-corrected chi connectivity index (χ4v) is 3.74. The van der Waals surface area contributed by atoms with Crippen molar-refractivity contribution in [3.63, 3.8) is 0 Å². The Balaban J connectivity index is 1.45. The summed E-state index contributed by atoms with van der Waals surface area (Å²) in [7, 11) is 0. The SMILES string of the molecule is CC(C)NC1CCN(C(=O)Nc2ccc(OC3CCCC3)cc2)CC1. The predicted molar refractivity (Wildman–Crippen MR) is 101 cm³/mol. The number of piperidine rings is 1. The lowest BCUT2D eigenvalue weighted by Crippen LogP contribution is -2.47. The second kappa shape index (κ2) is 8.56. The fourth-order valence-electron chi connectivity index (χ4n) is 3.74. The third-order valence-corrected chi connectivity index (χ3v) is 5.06. The quantitative estimate of drug-likeness (QED) is 0.848. The first-order chi connectivity index (χ1) is 12.1. The van der Waals surface area contributed by atoms with Crippen molar-refractivity contribution in [3.05, 3.63) is 24.3 Å². The summed E-state index contributed by atoms with van der Waals surface area (Å²) in [6, 6.07) is 8.77. The van der Waals surface area contributed by atoms with Gasteiger partial charge < -0.3 is 20.3 Å².